The molecule has 0 bridgehead atoms. The van der Waals surface area contributed by atoms with Crippen molar-refractivity contribution in [2.75, 3.05) is 29.4 Å². The molecule has 4 nitrogen and oxygen atoms in total. The Hall–Kier alpha value is -1.55. The topological polar surface area (TPSA) is 40.6 Å². The van der Waals surface area contributed by atoms with Crippen LogP contribution in [0.1, 0.15) is 25.7 Å². The molecule has 0 N–H and O–H groups in total. The predicted molar refractivity (Wildman–Crippen MR) is 83.8 cm³/mol. The van der Waals surface area contributed by atoms with Crippen LogP contribution in [0.2, 0.25) is 0 Å². The number of rotatable bonds is 3. The lowest BCUT2D eigenvalue weighted by Crippen LogP contribution is -2.33. The Morgan fingerprint density at radius 3 is 2.38 bits per heavy atom. The Morgan fingerprint density at radius 2 is 1.76 bits per heavy atom. The summed E-state index contributed by atoms with van der Waals surface area (Å²) in [5.41, 5.74) is 2.00. The molecule has 1 aromatic rings. The van der Waals surface area contributed by atoms with Crippen LogP contribution >= 0.6 is 11.6 Å². The second-order valence-electron chi connectivity index (χ2n) is 5.75. The molecule has 0 saturated carbocycles. The van der Waals surface area contributed by atoms with Crippen molar-refractivity contribution in [3.63, 3.8) is 0 Å². The summed E-state index contributed by atoms with van der Waals surface area (Å²) in [6.45, 7) is 2.44. The normalized spacial score (nSPS) is 22.7. The van der Waals surface area contributed by atoms with Crippen molar-refractivity contribution < 1.29 is 9.59 Å². The van der Waals surface area contributed by atoms with Gasteiger partial charge in [-0.2, -0.15) is 0 Å². The summed E-state index contributed by atoms with van der Waals surface area (Å²) in [7, 11) is 0. The Morgan fingerprint density at radius 1 is 1.10 bits per heavy atom. The standard InChI is InChI=1S/C16H19ClN2O2/c17-16(21)12-10-15(20)19(11-12)14-7-3-2-6-13(14)18-8-4-1-5-9-18/h2-3,6-7,12H,1,4-5,8-11H2/t12-/m1/s1. The summed E-state index contributed by atoms with van der Waals surface area (Å²) in [6, 6.07) is 7.96. The first-order valence-corrected chi connectivity index (χ1v) is 7.88. The van der Waals surface area contributed by atoms with Gasteiger partial charge in [0.05, 0.1) is 17.3 Å². The molecule has 2 heterocycles. The van der Waals surface area contributed by atoms with Gasteiger partial charge in [0.1, 0.15) is 0 Å². The summed E-state index contributed by atoms with van der Waals surface area (Å²) in [4.78, 5) is 27.6. The lowest BCUT2D eigenvalue weighted by molar-refractivity contribution is -0.120. The number of halogens is 1. The second kappa shape index (κ2) is 6.06. The molecule has 0 spiro atoms. The molecule has 3 rings (SSSR count). The quantitative estimate of drug-likeness (QED) is 0.806. The van der Waals surface area contributed by atoms with Crippen LogP contribution in [0.4, 0.5) is 11.4 Å². The van der Waals surface area contributed by atoms with Crippen molar-refractivity contribution in [2.24, 2.45) is 5.92 Å². The van der Waals surface area contributed by atoms with E-state index in [2.05, 4.69) is 11.0 Å². The summed E-state index contributed by atoms with van der Waals surface area (Å²) in [5.74, 6) is -0.396. The van der Waals surface area contributed by atoms with Gasteiger partial charge in [-0.05, 0) is 43.0 Å². The molecule has 2 aliphatic rings. The van der Waals surface area contributed by atoms with Crippen LogP contribution < -0.4 is 9.80 Å². The number of amides is 1. The third-order valence-electron chi connectivity index (χ3n) is 4.32. The first kappa shape index (κ1) is 14.4. The minimum atomic E-state index is -0.415. The van der Waals surface area contributed by atoms with Gasteiger partial charge in [-0.15, -0.1) is 0 Å². The van der Waals surface area contributed by atoms with E-state index < -0.39 is 5.24 Å². The van der Waals surface area contributed by atoms with Crippen LogP contribution in [-0.4, -0.2) is 30.8 Å². The van der Waals surface area contributed by atoms with Gasteiger partial charge in [0.2, 0.25) is 11.1 Å². The number of para-hydroxylation sites is 2. The monoisotopic (exact) mass is 306 g/mol. The summed E-state index contributed by atoms with van der Waals surface area (Å²) in [5, 5.41) is -0.415. The maximum Gasteiger partial charge on any atom is 0.227 e. The minimum absolute atomic E-state index is 0.0153. The molecular formula is C16H19ClN2O2. The van der Waals surface area contributed by atoms with Crippen LogP contribution in [0.25, 0.3) is 0 Å². The molecule has 0 aliphatic carbocycles. The second-order valence-corrected chi connectivity index (χ2v) is 6.12. The Labute approximate surface area is 129 Å². The number of anilines is 2. The van der Waals surface area contributed by atoms with Crippen molar-refractivity contribution in [1.82, 2.24) is 0 Å². The third-order valence-corrected chi connectivity index (χ3v) is 4.62. The molecule has 2 saturated heterocycles. The van der Waals surface area contributed by atoms with Gasteiger partial charge < -0.3 is 9.80 Å². The van der Waals surface area contributed by atoms with Crippen LogP contribution in [0.15, 0.2) is 24.3 Å². The molecule has 1 aromatic carbocycles. The molecule has 112 valence electrons. The van der Waals surface area contributed by atoms with Gasteiger partial charge in [0.25, 0.3) is 0 Å². The molecule has 2 fully saturated rings. The molecule has 21 heavy (non-hydrogen) atoms. The Bertz CT molecular complexity index is 555. The number of nitrogens with zero attached hydrogens (tertiary/aromatic N) is 2. The maximum atomic E-state index is 12.2. The van der Waals surface area contributed by atoms with E-state index in [-0.39, 0.29) is 18.2 Å². The fourth-order valence-corrected chi connectivity index (χ4v) is 3.33. The highest BCUT2D eigenvalue weighted by atomic mass is 35.5. The fourth-order valence-electron chi connectivity index (χ4n) is 3.19. The summed E-state index contributed by atoms with van der Waals surface area (Å²) in [6.07, 6.45) is 3.86. The average molecular weight is 307 g/mol. The summed E-state index contributed by atoms with van der Waals surface area (Å²) >= 11 is 5.56. The van der Waals surface area contributed by atoms with Crippen LogP contribution in [0.3, 0.4) is 0 Å². The first-order valence-electron chi connectivity index (χ1n) is 7.50. The van der Waals surface area contributed by atoms with Gasteiger partial charge in [-0.3, -0.25) is 9.59 Å². The molecule has 2 aliphatic heterocycles. The zero-order valence-corrected chi connectivity index (χ0v) is 12.7. The van der Waals surface area contributed by atoms with Gasteiger partial charge in [-0.1, -0.05) is 12.1 Å². The lowest BCUT2D eigenvalue weighted by Gasteiger charge is -2.32. The van der Waals surface area contributed by atoms with Crippen LogP contribution in [-0.2, 0) is 9.59 Å². The van der Waals surface area contributed by atoms with Gasteiger partial charge in [-0.25, -0.2) is 0 Å². The zero-order valence-electron chi connectivity index (χ0n) is 11.9. The molecule has 5 heteroatoms. The number of carbonyl (C=O) groups is 2. The van der Waals surface area contributed by atoms with Gasteiger partial charge in [0.15, 0.2) is 0 Å². The van der Waals surface area contributed by atoms with Gasteiger partial charge >= 0.3 is 0 Å². The van der Waals surface area contributed by atoms with Crippen LogP contribution in [0.5, 0.6) is 0 Å². The fraction of sp³-hybridized carbons (Fsp3) is 0.500. The molecule has 0 unspecified atom stereocenters. The number of carbonyl (C=O) groups excluding carboxylic acids is 2. The zero-order chi connectivity index (χ0) is 14.8. The first-order chi connectivity index (χ1) is 10.2. The van der Waals surface area contributed by atoms with E-state index in [0.717, 1.165) is 24.5 Å². The van der Waals surface area contributed by atoms with Crippen molar-refractivity contribution in [3.8, 4) is 0 Å². The highest BCUT2D eigenvalue weighted by Gasteiger charge is 2.35. The predicted octanol–water partition coefficient (Wildman–Crippen LogP) is 2.80. The lowest BCUT2D eigenvalue weighted by atomic mass is 10.1. The molecule has 1 amide bonds. The maximum absolute atomic E-state index is 12.2. The highest BCUT2D eigenvalue weighted by Crippen LogP contribution is 2.35. The number of hydrogen-bond acceptors (Lipinski definition) is 3. The average Bonchev–Trinajstić information content (AvgIpc) is 2.90. The molecule has 1 atom stereocenters. The van der Waals surface area contributed by atoms with E-state index in [1.54, 1.807) is 4.90 Å². The van der Waals surface area contributed by atoms with E-state index in [1.165, 1.54) is 19.3 Å². The van der Waals surface area contributed by atoms with Gasteiger partial charge in [0, 0.05) is 26.1 Å². The molecule has 0 radical (unpaired) electrons. The largest absolute Gasteiger partial charge is 0.370 e. The number of benzene rings is 1. The third kappa shape index (κ3) is 2.91. The Kier molecular flexibility index (Phi) is 4.15. The molecule has 0 aromatic heterocycles. The SMILES string of the molecule is O=C(Cl)[C@@H]1CC(=O)N(c2ccccc2N2CCCCC2)C1. The van der Waals surface area contributed by atoms with E-state index in [0.29, 0.717) is 6.54 Å². The smallest absolute Gasteiger partial charge is 0.227 e. The van der Waals surface area contributed by atoms with Crippen molar-refractivity contribution in [2.45, 2.75) is 25.7 Å². The van der Waals surface area contributed by atoms with Crippen LogP contribution in [0, 0.1) is 5.92 Å². The van der Waals surface area contributed by atoms with E-state index >= 15 is 0 Å². The molecular weight excluding hydrogens is 288 g/mol. The van der Waals surface area contributed by atoms with E-state index in [1.807, 2.05) is 18.2 Å². The minimum Gasteiger partial charge on any atom is -0.370 e. The number of hydrogen-bond donors (Lipinski definition) is 0. The Balaban J connectivity index is 1.88. The summed E-state index contributed by atoms with van der Waals surface area (Å²) < 4.78 is 0. The van der Waals surface area contributed by atoms with E-state index in [9.17, 15) is 9.59 Å². The van der Waals surface area contributed by atoms with Crippen molar-refractivity contribution >= 4 is 34.1 Å². The van der Waals surface area contributed by atoms with E-state index in [4.69, 9.17) is 11.6 Å². The number of piperidine rings is 1. The highest BCUT2D eigenvalue weighted by molar-refractivity contribution is 6.64. The van der Waals surface area contributed by atoms with Crippen molar-refractivity contribution in [3.05, 3.63) is 24.3 Å². The van der Waals surface area contributed by atoms with Crippen molar-refractivity contribution in [1.29, 1.82) is 0 Å².